The fourth-order valence-electron chi connectivity index (χ4n) is 4.99. The molecule has 38 heavy (non-hydrogen) atoms. The molecule has 10 heteroatoms. The Bertz CT molecular complexity index is 1600. The molecule has 190 valence electrons. The molecule has 8 nitrogen and oxygen atoms in total. The minimum atomic E-state index is -0.737. The van der Waals surface area contributed by atoms with Gasteiger partial charge >= 0.3 is 4.87 Å². The number of fused-ring (bicyclic) bond motifs is 2. The van der Waals surface area contributed by atoms with Crippen LogP contribution < -0.4 is 15.1 Å². The number of hydrogen-bond donors (Lipinski definition) is 1. The van der Waals surface area contributed by atoms with Crippen molar-refractivity contribution in [3.05, 3.63) is 105 Å². The molecule has 2 aromatic heterocycles. The van der Waals surface area contributed by atoms with E-state index in [1.807, 2.05) is 43.3 Å². The minimum Gasteiger partial charge on any atom is -0.325 e. The summed E-state index contributed by atoms with van der Waals surface area (Å²) < 4.78 is 1.41. The number of rotatable bonds is 5. The number of thioether (sulfide) groups is 1. The van der Waals surface area contributed by atoms with Crippen LogP contribution in [0, 0.1) is 12.8 Å². The Kier molecular flexibility index (Phi) is 6.21. The molecule has 1 fully saturated rings. The second kappa shape index (κ2) is 9.70. The molecule has 0 aliphatic carbocycles. The van der Waals surface area contributed by atoms with Gasteiger partial charge in [0.2, 0.25) is 17.7 Å². The van der Waals surface area contributed by atoms with Gasteiger partial charge in [0.1, 0.15) is 11.8 Å². The molecule has 6 rings (SSSR count). The fourth-order valence-corrected chi connectivity index (χ4v) is 7.76. The average Bonchev–Trinajstić information content (AvgIpc) is 3.36. The van der Waals surface area contributed by atoms with Crippen molar-refractivity contribution < 1.29 is 14.4 Å². The van der Waals surface area contributed by atoms with Crippen molar-refractivity contribution in [2.45, 2.75) is 29.7 Å². The molecule has 2 unspecified atom stereocenters. The van der Waals surface area contributed by atoms with E-state index in [0.29, 0.717) is 21.3 Å². The molecule has 2 aliphatic rings. The van der Waals surface area contributed by atoms with Gasteiger partial charge in [-0.2, -0.15) is 0 Å². The summed E-state index contributed by atoms with van der Waals surface area (Å²) in [6, 6.07) is 19.9. The first-order valence-corrected chi connectivity index (χ1v) is 13.7. The summed E-state index contributed by atoms with van der Waals surface area (Å²) in [7, 11) is 0. The lowest BCUT2D eigenvalue weighted by Crippen LogP contribution is -2.33. The zero-order valence-electron chi connectivity index (χ0n) is 20.2. The standard InChI is InChI=1S/C28H22N4O4S2/c1-16-9-11-19(12-10-16)32-25(34)22-21(17-6-5-13-29-14-17)24-27(37-23(22)26(32)35)31(28(36)38-24)15-20(33)30-18-7-3-2-4-8-18/h2-14,21-23H,15H2,1H3,(H,30,33)/t21-,22?,23?/m0/s1. The number of nitrogens with one attached hydrogen (secondary N) is 1. The molecular weight excluding hydrogens is 520 g/mol. The Hall–Kier alpha value is -4.02. The number of anilines is 2. The molecule has 1 N–H and O–H groups in total. The summed E-state index contributed by atoms with van der Waals surface area (Å²) in [5.41, 5.74) is 2.92. The van der Waals surface area contributed by atoms with Gasteiger partial charge in [-0.25, -0.2) is 4.90 Å². The van der Waals surface area contributed by atoms with Crippen LogP contribution in [0.15, 0.2) is 88.9 Å². The van der Waals surface area contributed by atoms with Crippen LogP contribution in [0.25, 0.3) is 0 Å². The van der Waals surface area contributed by atoms with Gasteiger partial charge in [0.15, 0.2) is 0 Å². The van der Waals surface area contributed by atoms with E-state index in [9.17, 15) is 19.2 Å². The second-order valence-electron chi connectivity index (χ2n) is 9.21. The predicted octanol–water partition coefficient (Wildman–Crippen LogP) is 4.05. The Morgan fingerprint density at radius 1 is 0.974 bits per heavy atom. The van der Waals surface area contributed by atoms with Crippen LogP contribution in [0.2, 0.25) is 0 Å². The van der Waals surface area contributed by atoms with E-state index in [1.54, 1.807) is 42.7 Å². The van der Waals surface area contributed by atoms with Crippen LogP contribution in [-0.2, 0) is 20.9 Å². The van der Waals surface area contributed by atoms with Crippen molar-refractivity contribution in [3.63, 3.8) is 0 Å². The number of benzene rings is 2. The van der Waals surface area contributed by atoms with Gasteiger partial charge in [-0.15, -0.1) is 0 Å². The van der Waals surface area contributed by atoms with Crippen molar-refractivity contribution in [1.82, 2.24) is 9.55 Å². The topological polar surface area (TPSA) is 101 Å². The summed E-state index contributed by atoms with van der Waals surface area (Å²) in [5.74, 6) is -2.21. The van der Waals surface area contributed by atoms with Crippen molar-refractivity contribution in [3.8, 4) is 0 Å². The molecule has 3 atom stereocenters. The molecule has 0 radical (unpaired) electrons. The Morgan fingerprint density at radius 2 is 1.74 bits per heavy atom. The highest BCUT2D eigenvalue weighted by atomic mass is 32.2. The highest BCUT2D eigenvalue weighted by Crippen LogP contribution is 2.53. The van der Waals surface area contributed by atoms with Crippen molar-refractivity contribution >= 4 is 52.2 Å². The van der Waals surface area contributed by atoms with E-state index < -0.39 is 17.1 Å². The highest BCUT2D eigenvalue weighted by molar-refractivity contribution is 8.00. The van der Waals surface area contributed by atoms with E-state index in [0.717, 1.165) is 22.5 Å². The first-order valence-electron chi connectivity index (χ1n) is 12.0. The Morgan fingerprint density at radius 3 is 2.45 bits per heavy atom. The van der Waals surface area contributed by atoms with E-state index in [1.165, 1.54) is 21.2 Å². The summed E-state index contributed by atoms with van der Waals surface area (Å²) in [6.07, 6.45) is 3.31. The number of hydrogen-bond acceptors (Lipinski definition) is 7. The zero-order valence-corrected chi connectivity index (χ0v) is 21.9. The molecule has 1 saturated heterocycles. The van der Waals surface area contributed by atoms with Crippen molar-refractivity contribution in [2.24, 2.45) is 5.92 Å². The van der Waals surface area contributed by atoms with Crippen LogP contribution in [0.5, 0.6) is 0 Å². The van der Waals surface area contributed by atoms with Crippen LogP contribution in [0.1, 0.15) is 21.9 Å². The van der Waals surface area contributed by atoms with Crippen LogP contribution in [0.3, 0.4) is 0 Å². The number of carbonyl (C=O) groups excluding carboxylic acids is 3. The first-order chi connectivity index (χ1) is 18.4. The van der Waals surface area contributed by atoms with Crippen molar-refractivity contribution in [2.75, 3.05) is 10.2 Å². The first kappa shape index (κ1) is 24.3. The quantitative estimate of drug-likeness (QED) is 0.382. The largest absolute Gasteiger partial charge is 0.325 e. The summed E-state index contributed by atoms with van der Waals surface area (Å²) in [6.45, 7) is 1.74. The second-order valence-corrected chi connectivity index (χ2v) is 11.3. The van der Waals surface area contributed by atoms with Crippen molar-refractivity contribution in [1.29, 1.82) is 0 Å². The lowest BCUT2D eigenvalue weighted by atomic mass is 9.84. The number of nitrogens with zero attached hydrogens (tertiary/aromatic N) is 3. The maximum Gasteiger partial charge on any atom is 0.308 e. The number of aromatic nitrogens is 2. The minimum absolute atomic E-state index is 0.201. The third kappa shape index (κ3) is 4.15. The molecular formula is C28H22N4O4S2. The van der Waals surface area contributed by atoms with Gasteiger partial charge in [0.05, 0.1) is 16.6 Å². The van der Waals surface area contributed by atoms with Gasteiger partial charge in [-0.05, 0) is 42.8 Å². The van der Waals surface area contributed by atoms with Gasteiger partial charge in [-0.1, -0.05) is 65.1 Å². The Balaban J connectivity index is 1.41. The number of thiazole rings is 1. The van der Waals surface area contributed by atoms with E-state index in [2.05, 4.69) is 10.3 Å². The predicted molar refractivity (Wildman–Crippen MR) is 147 cm³/mol. The van der Waals surface area contributed by atoms with Gasteiger partial charge in [-0.3, -0.25) is 28.7 Å². The molecule has 4 aromatic rings. The monoisotopic (exact) mass is 542 g/mol. The number of carbonyl (C=O) groups is 3. The van der Waals surface area contributed by atoms with Crippen LogP contribution in [-0.4, -0.2) is 32.5 Å². The van der Waals surface area contributed by atoms with Gasteiger partial charge < -0.3 is 5.32 Å². The maximum atomic E-state index is 13.8. The molecule has 2 aromatic carbocycles. The van der Waals surface area contributed by atoms with E-state index in [4.69, 9.17) is 0 Å². The average molecular weight is 543 g/mol. The smallest absolute Gasteiger partial charge is 0.308 e. The summed E-state index contributed by atoms with van der Waals surface area (Å²) in [5, 5.41) is 2.62. The lowest BCUT2D eigenvalue weighted by Gasteiger charge is -2.30. The van der Waals surface area contributed by atoms with Crippen LogP contribution in [0.4, 0.5) is 11.4 Å². The molecule has 3 amide bonds. The van der Waals surface area contributed by atoms with Crippen LogP contribution >= 0.6 is 23.1 Å². The number of aryl methyl sites for hydroxylation is 1. The zero-order chi connectivity index (χ0) is 26.4. The fraction of sp³-hybridized carbons (Fsp3) is 0.179. The number of para-hydroxylation sites is 1. The molecule has 0 spiro atoms. The Labute approximate surface area is 226 Å². The molecule has 0 bridgehead atoms. The van der Waals surface area contributed by atoms with Gasteiger partial charge in [0, 0.05) is 28.9 Å². The van der Waals surface area contributed by atoms with E-state index in [-0.39, 0.29) is 29.1 Å². The summed E-state index contributed by atoms with van der Waals surface area (Å²) in [4.78, 5) is 59.4. The normalized spacial score (nSPS) is 20.2. The third-order valence-electron chi connectivity index (χ3n) is 6.74. The SMILES string of the molecule is Cc1ccc(N2C(=O)C3Sc4c(sc(=O)n4CC(=O)Nc4ccccc4)[C@@H](c4cccnc4)C3C2=O)cc1. The van der Waals surface area contributed by atoms with E-state index >= 15 is 0 Å². The highest BCUT2D eigenvalue weighted by Gasteiger charge is 2.56. The maximum absolute atomic E-state index is 13.8. The molecule has 0 saturated carbocycles. The number of pyridine rings is 1. The number of amides is 3. The van der Waals surface area contributed by atoms with Gasteiger partial charge in [0.25, 0.3) is 0 Å². The summed E-state index contributed by atoms with van der Waals surface area (Å²) >= 11 is 2.21. The number of imide groups is 1. The molecule has 4 heterocycles. The molecule has 2 aliphatic heterocycles. The third-order valence-corrected chi connectivity index (χ3v) is 9.35. The lowest BCUT2D eigenvalue weighted by molar-refractivity contribution is -0.122.